The summed E-state index contributed by atoms with van der Waals surface area (Å²) in [7, 11) is 0. The van der Waals surface area contributed by atoms with E-state index in [0.29, 0.717) is 44.2 Å². The fourth-order valence-corrected chi connectivity index (χ4v) is 3.74. The van der Waals surface area contributed by atoms with E-state index >= 15 is 0 Å². The molecule has 1 atom stereocenters. The van der Waals surface area contributed by atoms with Crippen molar-refractivity contribution >= 4 is 34.4 Å². The number of halogens is 1. The second-order valence-electron chi connectivity index (χ2n) is 7.57. The zero-order valence-corrected chi connectivity index (χ0v) is 18.8. The van der Waals surface area contributed by atoms with Crippen LogP contribution in [0.25, 0.3) is 22.1 Å². The lowest BCUT2D eigenvalue weighted by Gasteiger charge is -2.15. The van der Waals surface area contributed by atoms with Crippen LogP contribution in [0.15, 0.2) is 82.0 Å². The van der Waals surface area contributed by atoms with E-state index in [2.05, 4.69) is 5.32 Å². The van der Waals surface area contributed by atoms with Gasteiger partial charge in [-0.25, -0.2) is 4.79 Å². The molecule has 0 spiro atoms. The van der Waals surface area contributed by atoms with Crippen LogP contribution in [0.5, 0.6) is 5.75 Å². The number of carboxylic acids is 1. The van der Waals surface area contributed by atoms with Crippen molar-refractivity contribution in [2.75, 3.05) is 6.61 Å². The smallest absolute Gasteiger partial charge is 0.330 e. The number of nitrogens with one attached hydrogen (secondary N) is 1. The molecule has 0 saturated heterocycles. The van der Waals surface area contributed by atoms with Crippen LogP contribution in [-0.4, -0.2) is 23.6 Å². The number of ether oxygens (including phenoxy) is 1. The highest BCUT2D eigenvalue weighted by atomic mass is 35.5. The predicted octanol–water partition coefficient (Wildman–Crippen LogP) is 4.74. The van der Waals surface area contributed by atoms with Gasteiger partial charge in [0.25, 0.3) is 5.91 Å². The summed E-state index contributed by atoms with van der Waals surface area (Å²) in [6.07, 6.45) is 0. The Morgan fingerprint density at radius 3 is 2.44 bits per heavy atom. The standard InChI is InChI=1S/C26H20ClNO6/c1-15-23(16-7-9-18(27)10-8-16)25(30)20-12-11-19(13-21(20)34-15)33-14-22(29)28-24(26(31)32)17-5-3-2-4-6-17/h2-13,24H,14H2,1H3,(H,28,29)(H,31,32)/t24-/m1/s1. The van der Waals surface area contributed by atoms with Gasteiger partial charge in [0, 0.05) is 11.1 Å². The summed E-state index contributed by atoms with van der Waals surface area (Å²) in [4.78, 5) is 37.0. The molecule has 4 aromatic rings. The van der Waals surface area contributed by atoms with E-state index < -0.39 is 24.5 Å². The molecule has 0 aliphatic carbocycles. The van der Waals surface area contributed by atoms with Crippen molar-refractivity contribution in [3.63, 3.8) is 0 Å². The molecule has 0 bridgehead atoms. The van der Waals surface area contributed by atoms with Crippen LogP contribution in [0.4, 0.5) is 0 Å². The van der Waals surface area contributed by atoms with Gasteiger partial charge in [-0.2, -0.15) is 0 Å². The highest BCUT2D eigenvalue weighted by Crippen LogP contribution is 2.27. The molecule has 2 N–H and O–H groups in total. The second-order valence-corrected chi connectivity index (χ2v) is 8.00. The summed E-state index contributed by atoms with van der Waals surface area (Å²) in [5.41, 5.74) is 1.70. The Morgan fingerprint density at radius 2 is 1.76 bits per heavy atom. The fraction of sp³-hybridized carbons (Fsp3) is 0.115. The van der Waals surface area contributed by atoms with Gasteiger partial charge in [-0.3, -0.25) is 9.59 Å². The van der Waals surface area contributed by atoms with E-state index in [-0.39, 0.29) is 5.43 Å². The van der Waals surface area contributed by atoms with Crippen LogP contribution in [0.2, 0.25) is 5.02 Å². The molecular weight excluding hydrogens is 458 g/mol. The number of carboxylic acid groups (broad SMARTS) is 1. The number of aliphatic carboxylic acids is 1. The van der Waals surface area contributed by atoms with Crippen molar-refractivity contribution in [1.82, 2.24) is 5.32 Å². The Hall–Kier alpha value is -4.10. The first-order valence-corrected chi connectivity index (χ1v) is 10.7. The molecule has 0 saturated carbocycles. The lowest BCUT2D eigenvalue weighted by molar-refractivity contribution is -0.142. The number of hydrogen-bond acceptors (Lipinski definition) is 5. The van der Waals surface area contributed by atoms with Gasteiger partial charge in [-0.15, -0.1) is 0 Å². The maximum Gasteiger partial charge on any atom is 0.330 e. The molecule has 172 valence electrons. The van der Waals surface area contributed by atoms with Crippen molar-refractivity contribution in [2.45, 2.75) is 13.0 Å². The Labute approximate surface area is 199 Å². The Kier molecular flexibility index (Phi) is 6.65. The van der Waals surface area contributed by atoms with Gasteiger partial charge < -0.3 is 19.6 Å². The zero-order chi connectivity index (χ0) is 24.2. The van der Waals surface area contributed by atoms with Gasteiger partial charge in [0.05, 0.1) is 10.9 Å². The van der Waals surface area contributed by atoms with Gasteiger partial charge in [-0.05, 0) is 42.3 Å². The zero-order valence-electron chi connectivity index (χ0n) is 18.1. The third-order valence-corrected chi connectivity index (χ3v) is 5.48. The van der Waals surface area contributed by atoms with Crippen LogP contribution >= 0.6 is 11.6 Å². The number of carbonyl (C=O) groups excluding carboxylic acids is 1. The average molecular weight is 478 g/mol. The van der Waals surface area contributed by atoms with E-state index in [1.165, 1.54) is 6.07 Å². The first-order valence-electron chi connectivity index (χ1n) is 10.4. The van der Waals surface area contributed by atoms with Gasteiger partial charge in [0.2, 0.25) is 5.43 Å². The Bertz CT molecular complexity index is 1410. The average Bonchev–Trinajstić information content (AvgIpc) is 2.82. The molecule has 1 aromatic heterocycles. The third kappa shape index (κ3) is 4.94. The van der Waals surface area contributed by atoms with Gasteiger partial charge in [0.1, 0.15) is 17.1 Å². The quantitative estimate of drug-likeness (QED) is 0.398. The SMILES string of the molecule is Cc1oc2cc(OCC(=O)N[C@@H](C(=O)O)c3ccccc3)ccc2c(=O)c1-c1ccc(Cl)cc1. The first kappa shape index (κ1) is 23.1. The van der Waals surface area contributed by atoms with Gasteiger partial charge in [0.15, 0.2) is 12.6 Å². The van der Waals surface area contributed by atoms with Crippen LogP contribution < -0.4 is 15.5 Å². The number of benzene rings is 3. The number of fused-ring (bicyclic) bond motifs is 1. The number of aryl methyl sites for hydroxylation is 1. The monoisotopic (exact) mass is 477 g/mol. The highest BCUT2D eigenvalue weighted by Gasteiger charge is 2.22. The van der Waals surface area contributed by atoms with E-state index in [4.69, 9.17) is 20.8 Å². The summed E-state index contributed by atoms with van der Waals surface area (Å²) in [6, 6.07) is 18.7. The second kappa shape index (κ2) is 9.80. The number of amides is 1. The summed E-state index contributed by atoms with van der Waals surface area (Å²) in [5.74, 6) is -1.05. The number of rotatable bonds is 7. The molecule has 3 aromatic carbocycles. The largest absolute Gasteiger partial charge is 0.484 e. The minimum atomic E-state index is -1.19. The Balaban J connectivity index is 1.51. The van der Waals surface area contributed by atoms with Crippen LogP contribution in [0.3, 0.4) is 0 Å². The minimum Gasteiger partial charge on any atom is -0.484 e. The van der Waals surface area contributed by atoms with Crippen molar-refractivity contribution < 1.29 is 23.8 Å². The van der Waals surface area contributed by atoms with Crippen molar-refractivity contribution in [2.24, 2.45) is 0 Å². The number of hydrogen-bond donors (Lipinski definition) is 2. The predicted molar refractivity (Wildman–Crippen MR) is 128 cm³/mol. The lowest BCUT2D eigenvalue weighted by atomic mass is 10.0. The van der Waals surface area contributed by atoms with E-state index in [0.717, 1.165) is 0 Å². The van der Waals surface area contributed by atoms with E-state index in [9.17, 15) is 19.5 Å². The van der Waals surface area contributed by atoms with Crippen molar-refractivity contribution in [3.8, 4) is 16.9 Å². The van der Waals surface area contributed by atoms with Crippen molar-refractivity contribution in [1.29, 1.82) is 0 Å². The summed E-state index contributed by atoms with van der Waals surface area (Å²) in [6.45, 7) is 1.29. The van der Waals surface area contributed by atoms with Gasteiger partial charge >= 0.3 is 5.97 Å². The highest BCUT2D eigenvalue weighted by molar-refractivity contribution is 6.30. The normalized spacial score (nSPS) is 11.7. The maximum atomic E-state index is 13.1. The molecule has 7 nitrogen and oxygen atoms in total. The van der Waals surface area contributed by atoms with E-state index in [1.54, 1.807) is 73.7 Å². The molecule has 8 heteroatoms. The molecule has 0 aliphatic heterocycles. The van der Waals surface area contributed by atoms with Gasteiger partial charge in [-0.1, -0.05) is 54.1 Å². The fourth-order valence-electron chi connectivity index (χ4n) is 3.61. The minimum absolute atomic E-state index is 0.197. The summed E-state index contributed by atoms with van der Waals surface area (Å²) in [5, 5.41) is 12.8. The molecule has 0 radical (unpaired) electrons. The van der Waals surface area contributed by atoms with Crippen LogP contribution in [0.1, 0.15) is 17.4 Å². The lowest BCUT2D eigenvalue weighted by Crippen LogP contribution is -2.36. The molecule has 0 fully saturated rings. The first-order chi connectivity index (χ1) is 16.3. The molecule has 1 heterocycles. The molecule has 0 aliphatic rings. The maximum absolute atomic E-state index is 13.1. The molecule has 1 amide bonds. The van der Waals surface area contributed by atoms with Crippen LogP contribution in [0, 0.1) is 6.92 Å². The van der Waals surface area contributed by atoms with Crippen molar-refractivity contribution in [3.05, 3.63) is 99.4 Å². The summed E-state index contributed by atoms with van der Waals surface area (Å²) >= 11 is 5.94. The topological polar surface area (TPSA) is 106 Å². The summed E-state index contributed by atoms with van der Waals surface area (Å²) < 4.78 is 11.4. The van der Waals surface area contributed by atoms with Crippen LogP contribution in [-0.2, 0) is 9.59 Å². The Morgan fingerprint density at radius 1 is 1.06 bits per heavy atom. The van der Waals surface area contributed by atoms with E-state index in [1.807, 2.05) is 0 Å². The molecule has 0 unspecified atom stereocenters. The molecule has 4 rings (SSSR count). The molecule has 34 heavy (non-hydrogen) atoms. The molecular formula is C26H20ClNO6. The number of carbonyl (C=O) groups is 2. The third-order valence-electron chi connectivity index (χ3n) is 5.23.